The zero-order chi connectivity index (χ0) is 12.4. The SMILES string of the molecule is CCC1OCCC1C(N)c1cccc(Br)c1F. The summed E-state index contributed by atoms with van der Waals surface area (Å²) in [5, 5.41) is 0. The number of benzene rings is 1. The zero-order valence-electron chi connectivity index (χ0n) is 9.83. The van der Waals surface area contributed by atoms with E-state index in [1.165, 1.54) is 0 Å². The van der Waals surface area contributed by atoms with Crippen molar-refractivity contribution in [1.82, 2.24) is 0 Å². The summed E-state index contributed by atoms with van der Waals surface area (Å²) in [6.07, 6.45) is 1.99. The smallest absolute Gasteiger partial charge is 0.142 e. The molecule has 0 saturated carbocycles. The molecule has 0 radical (unpaired) electrons. The van der Waals surface area contributed by atoms with Crippen LogP contribution in [-0.2, 0) is 4.74 Å². The molecule has 4 heteroatoms. The highest BCUT2D eigenvalue weighted by Gasteiger charge is 2.33. The summed E-state index contributed by atoms with van der Waals surface area (Å²) in [4.78, 5) is 0. The largest absolute Gasteiger partial charge is 0.378 e. The van der Waals surface area contributed by atoms with E-state index in [4.69, 9.17) is 10.5 Å². The number of nitrogens with two attached hydrogens (primary N) is 1. The molecular weight excluding hydrogens is 285 g/mol. The second-order valence-electron chi connectivity index (χ2n) is 4.44. The van der Waals surface area contributed by atoms with Crippen LogP contribution in [0.4, 0.5) is 4.39 Å². The number of ether oxygens (including phenoxy) is 1. The average molecular weight is 302 g/mol. The van der Waals surface area contributed by atoms with Crippen molar-refractivity contribution < 1.29 is 9.13 Å². The Balaban J connectivity index is 2.24. The van der Waals surface area contributed by atoms with Crippen LogP contribution in [0.15, 0.2) is 22.7 Å². The molecule has 1 aliphatic rings. The minimum absolute atomic E-state index is 0.156. The van der Waals surface area contributed by atoms with Crippen molar-refractivity contribution in [3.8, 4) is 0 Å². The summed E-state index contributed by atoms with van der Waals surface area (Å²) in [5.41, 5.74) is 6.77. The van der Waals surface area contributed by atoms with Crippen LogP contribution in [0.5, 0.6) is 0 Å². The standard InChI is InChI=1S/C13H17BrFNO/c1-2-11-8(6-7-17-11)13(16)9-4-3-5-10(14)12(9)15/h3-5,8,11,13H,2,6-7,16H2,1H3. The molecule has 1 aromatic carbocycles. The molecule has 3 unspecified atom stereocenters. The first-order valence-corrected chi connectivity index (χ1v) is 6.75. The molecule has 2 N–H and O–H groups in total. The number of halogens is 2. The molecule has 0 aliphatic carbocycles. The van der Waals surface area contributed by atoms with Gasteiger partial charge in [0.25, 0.3) is 0 Å². The lowest BCUT2D eigenvalue weighted by Crippen LogP contribution is -2.28. The van der Waals surface area contributed by atoms with Gasteiger partial charge in [-0.25, -0.2) is 4.39 Å². The Morgan fingerprint density at radius 2 is 2.35 bits per heavy atom. The van der Waals surface area contributed by atoms with Gasteiger partial charge in [0, 0.05) is 24.1 Å². The van der Waals surface area contributed by atoms with E-state index in [-0.39, 0.29) is 23.9 Å². The summed E-state index contributed by atoms with van der Waals surface area (Å²) in [6, 6.07) is 4.98. The quantitative estimate of drug-likeness (QED) is 0.928. The van der Waals surface area contributed by atoms with Crippen molar-refractivity contribution in [3.05, 3.63) is 34.1 Å². The Labute approximate surface area is 109 Å². The van der Waals surface area contributed by atoms with Gasteiger partial charge in [0.1, 0.15) is 5.82 Å². The van der Waals surface area contributed by atoms with Gasteiger partial charge in [0.15, 0.2) is 0 Å². The maximum atomic E-state index is 14.0. The lowest BCUT2D eigenvalue weighted by atomic mass is 9.87. The first kappa shape index (κ1) is 13.0. The zero-order valence-corrected chi connectivity index (χ0v) is 11.4. The molecule has 0 amide bonds. The third kappa shape index (κ3) is 2.54. The molecule has 1 heterocycles. The number of hydrogen-bond donors (Lipinski definition) is 1. The van der Waals surface area contributed by atoms with Gasteiger partial charge in [-0.1, -0.05) is 19.1 Å². The number of rotatable bonds is 3. The lowest BCUT2D eigenvalue weighted by Gasteiger charge is -2.24. The fraction of sp³-hybridized carbons (Fsp3) is 0.538. The molecule has 17 heavy (non-hydrogen) atoms. The highest BCUT2D eigenvalue weighted by Crippen LogP contribution is 2.35. The second kappa shape index (κ2) is 5.46. The minimum Gasteiger partial charge on any atom is -0.378 e. The van der Waals surface area contributed by atoms with Crippen molar-refractivity contribution in [2.24, 2.45) is 11.7 Å². The third-order valence-electron chi connectivity index (χ3n) is 3.46. The van der Waals surface area contributed by atoms with Crippen LogP contribution in [0.1, 0.15) is 31.4 Å². The molecule has 0 aromatic heterocycles. The second-order valence-corrected chi connectivity index (χ2v) is 5.29. The van der Waals surface area contributed by atoms with E-state index in [1.54, 1.807) is 12.1 Å². The lowest BCUT2D eigenvalue weighted by molar-refractivity contribution is 0.0810. The predicted octanol–water partition coefficient (Wildman–Crippen LogP) is 3.40. The molecule has 0 bridgehead atoms. The van der Waals surface area contributed by atoms with E-state index in [1.807, 2.05) is 6.07 Å². The van der Waals surface area contributed by atoms with Crippen LogP contribution in [0, 0.1) is 11.7 Å². The molecule has 2 nitrogen and oxygen atoms in total. The maximum Gasteiger partial charge on any atom is 0.142 e. The monoisotopic (exact) mass is 301 g/mol. The van der Waals surface area contributed by atoms with E-state index in [0.717, 1.165) is 19.4 Å². The van der Waals surface area contributed by atoms with E-state index in [0.29, 0.717) is 10.0 Å². The highest BCUT2D eigenvalue weighted by atomic mass is 79.9. The Bertz CT molecular complexity index is 399. The molecule has 1 fully saturated rings. The average Bonchev–Trinajstić information content (AvgIpc) is 2.80. The fourth-order valence-electron chi connectivity index (χ4n) is 2.50. The topological polar surface area (TPSA) is 35.2 Å². The van der Waals surface area contributed by atoms with Crippen molar-refractivity contribution in [2.75, 3.05) is 6.61 Å². The summed E-state index contributed by atoms with van der Waals surface area (Å²) in [6.45, 7) is 2.81. The summed E-state index contributed by atoms with van der Waals surface area (Å²) in [7, 11) is 0. The fourth-order valence-corrected chi connectivity index (χ4v) is 2.89. The number of hydrogen-bond acceptors (Lipinski definition) is 2. The molecule has 1 aliphatic heterocycles. The molecule has 2 rings (SSSR count). The molecule has 0 spiro atoms. The Hall–Kier alpha value is -0.450. The van der Waals surface area contributed by atoms with Crippen molar-refractivity contribution in [2.45, 2.75) is 31.9 Å². The minimum atomic E-state index is -0.292. The van der Waals surface area contributed by atoms with E-state index >= 15 is 0 Å². The first-order chi connectivity index (χ1) is 8.15. The van der Waals surface area contributed by atoms with Gasteiger partial charge in [0.05, 0.1) is 10.6 Å². The highest BCUT2D eigenvalue weighted by molar-refractivity contribution is 9.10. The third-order valence-corrected chi connectivity index (χ3v) is 4.08. The van der Waals surface area contributed by atoms with Gasteiger partial charge in [-0.15, -0.1) is 0 Å². The maximum absolute atomic E-state index is 14.0. The summed E-state index contributed by atoms with van der Waals surface area (Å²) < 4.78 is 20.1. The van der Waals surface area contributed by atoms with Crippen LogP contribution in [0.25, 0.3) is 0 Å². The molecule has 1 saturated heterocycles. The van der Waals surface area contributed by atoms with Crippen molar-refractivity contribution in [3.63, 3.8) is 0 Å². The van der Waals surface area contributed by atoms with E-state index in [2.05, 4.69) is 22.9 Å². The molecular formula is C13H17BrFNO. The Morgan fingerprint density at radius 3 is 3.06 bits per heavy atom. The summed E-state index contributed by atoms with van der Waals surface area (Å²) >= 11 is 3.19. The van der Waals surface area contributed by atoms with Crippen LogP contribution >= 0.6 is 15.9 Å². The van der Waals surface area contributed by atoms with Gasteiger partial charge in [0.2, 0.25) is 0 Å². The Morgan fingerprint density at radius 1 is 1.59 bits per heavy atom. The first-order valence-electron chi connectivity index (χ1n) is 5.96. The van der Waals surface area contributed by atoms with Crippen LogP contribution in [-0.4, -0.2) is 12.7 Å². The molecule has 3 atom stereocenters. The van der Waals surface area contributed by atoms with Crippen molar-refractivity contribution in [1.29, 1.82) is 0 Å². The Kier molecular flexibility index (Phi) is 4.17. The predicted molar refractivity (Wildman–Crippen MR) is 69.2 cm³/mol. The molecule has 1 aromatic rings. The normalized spacial score (nSPS) is 26.1. The van der Waals surface area contributed by atoms with Crippen molar-refractivity contribution >= 4 is 15.9 Å². The van der Waals surface area contributed by atoms with Gasteiger partial charge < -0.3 is 10.5 Å². The van der Waals surface area contributed by atoms with Gasteiger partial charge in [-0.05, 0) is 34.8 Å². The summed E-state index contributed by atoms with van der Waals surface area (Å²) in [5.74, 6) is -0.0365. The van der Waals surface area contributed by atoms with Gasteiger partial charge in [-0.3, -0.25) is 0 Å². The van der Waals surface area contributed by atoms with Crippen LogP contribution in [0.3, 0.4) is 0 Å². The van der Waals surface area contributed by atoms with Gasteiger partial charge >= 0.3 is 0 Å². The van der Waals surface area contributed by atoms with E-state index in [9.17, 15) is 4.39 Å². The van der Waals surface area contributed by atoms with E-state index < -0.39 is 0 Å². The molecule has 94 valence electrons. The van der Waals surface area contributed by atoms with Crippen LogP contribution in [0.2, 0.25) is 0 Å². The van der Waals surface area contributed by atoms with Crippen LogP contribution < -0.4 is 5.73 Å². The van der Waals surface area contributed by atoms with Gasteiger partial charge in [-0.2, -0.15) is 0 Å².